The van der Waals surface area contributed by atoms with Gasteiger partial charge in [0.2, 0.25) is 5.91 Å². The third-order valence-electron chi connectivity index (χ3n) is 3.70. The quantitative estimate of drug-likeness (QED) is 0.834. The molecule has 0 unspecified atom stereocenters. The van der Waals surface area contributed by atoms with Gasteiger partial charge in [0, 0.05) is 13.1 Å². The van der Waals surface area contributed by atoms with Gasteiger partial charge in [-0.15, -0.1) is 12.4 Å². The molecule has 0 aromatic carbocycles. The number of rotatable bonds is 3. The smallest absolute Gasteiger partial charge is 0.320 e. The first-order valence-electron chi connectivity index (χ1n) is 6.43. The highest BCUT2D eigenvalue weighted by Crippen LogP contribution is 2.18. The number of carbonyl (C=O) groups excluding carboxylic acids is 1. The van der Waals surface area contributed by atoms with E-state index >= 15 is 0 Å². The van der Waals surface area contributed by atoms with E-state index in [0.717, 1.165) is 38.9 Å². The molecule has 1 atom stereocenters. The van der Waals surface area contributed by atoms with Crippen molar-refractivity contribution in [2.45, 2.75) is 38.1 Å². The number of carboxylic acids is 1. The zero-order valence-corrected chi connectivity index (χ0v) is 11.3. The van der Waals surface area contributed by atoms with E-state index in [1.807, 2.05) is 4.90 Å². The lowest BCUT2D eigenvalue weighted by molar-refractivity contribution is -0.143. The van der Waals surface area contributed by atoms with Crippen molar-refractivity contribution in [3.05, 3.63) is 0 Å². The minimum Gasteiger partial charge on any atom is -0.480 e. The maximum atomic E-state index is 12.0. The van der Waals surface area contributed by atoms with Crippen LogP contribution >= 0.6 is 12.4 Å². The van der Waals surface area contributed by atoms with Gasteiger partial charge in [-0.1, -0.05) is 0 Å². The van der Waals surface area contributed by atoms with Gasteiger partial charge in [-0.05, 0) is 38.6 Å². The molecule has 2 aliphatic rings. The van der Waals surface area contributed by atoms with Gasteiger partial charge in [-0.3, -0.25) is 14.5 Å². The summed E-state index contributed by atoms with van der Waals surface area (Å²) in [6.45, 7) is 2.68. The van der Waals surface area contributed by atoms with Crippen LogP contribution in [0.2, 0.25) is 0 Å². The lowest BCUT2D eigenvalue weighted by Gasteiger charge is -2.29. The molecular weight excluding hydrogens is 256 g/mol. The van der Waals surface area contributed by atoms with Crippen LogP contribution in [0.5, 0.6) is 0 Å². The minimum absolute atomic E-state index is 0. The fourth-order valence-electron chi connectivity index (χ4n) is 2.71. The van der Waals surface area contributed by atoms with Gasteiger partial charge in [0.1, 0.15) is 6.04 Å². The Bertz CT molecular complexity index is 306. The summed E-state index contributed by atoms with van der Waals surface area (Å²) in [6.07, 6.45) is 4.90. The Morgan fingerprint density at radius 2 is 1.72 bits per heavy atom. The number of aliphatic carboxylic acids is 1. The summed E-state index contributed by atoms with van der Waals surface area (Å²) in [5, 5.41) is 9.04. The van der Waals surface area contributed by atoms with Crippen LogP contribution < -0.4 is 0 Å². The van der Waals surface area contributed by atoms with Gasteiger partial charge in [0.15, 0.2) is 0 Å². The molecule has 1 amide bonds. The Kier molecular flexibility index (Phi) is 5.88. The monoisotopic (exact) mass is 276 g/mol. The largest absolute Gasteiger partial charge is 0.480 e. The molecule has 18 heavy (non-hydrogen) atoms. The number of hydrogen-bond acceptors (Lipinski definition) is 3. The molecule has 5 nitrogen and oxygen atoms in total. The van der Waals surface area contributed by atoms with Gasteiger partial charge in [0.25, 0.3) is 0 Å². The number of carbonyl (C=O) groups is 2. The lowest BCUT2D eigenvalue weighted by atomic mass is 10.1. The summed E-state index contributed by atoms with van der Waals surface area (Å²) >= 11 is 0. The van der Waals surface area contributed by atoms with Crippen LogP contribution in [0, 0.1) is 0 Å². The summed E-state index contributed by atoms with van der Waals surface area (Å²) in [5.41, 5.74) is 0. The number of halogens is 1. The van der Waals surface area contributed by atoms with Crippen molar-refractivity contribution in [1.82, 2.24) is 9.80 Å². The fraction of sp³-hybridized carbons (Fsp3) is 0.833. The van der Waals surface area contributed by atoms with E-state index in [1.54, 1.807) is 4.90 Å². The molecule has 104 valence electrons. The lowest BCUT2D eigenvalue weighted by Crippen LogP contribution is -2.46. The van der Waals surface area contributed by atoms with E-state index in [4.69, 9.17) is 5.11 Å². The van der Waals surface area contributed by atoms with E-state index in [-0.39, 0.29) is 24.9 Å². The molecule has 0 aliphatic carbocycles. The normalized spacial score (nSPS) is 24.7. The van der Waals surface area contributed by atoms with E-state index in [9.17, 15) is 9.59 Å². The molecule has 2 heterocycles. The second-order valence-corrected chi connectivity index (χ2v) is 4.91. The highest BCUT2D eigenvalue weighted by molar-refractivity contribution is 5.85. The molecule has 2 rings (SSSR count). The number of carboxylic acid groups (broad SMARTS) is 1. The topological polar surface area (TPSA) is 60.9 Å². The van der Waals surface area contributed by atoms with E-state index in [1.165, 1.54) is 6.42 Å². The highest BCUT2D eigenvalue weighted by Gasteiger charge is 2.32. The molecule has 0 radical (unpaired) electrons. The molecule has 0 aromatic rings. The van der Waals surface area contributed by atoms with Crippen LogP contribution in [0.4, 0.5) is 0 Å². The van der Waals surface area contributed by atoms with Crippen molar-refractivity contribution < 1.29 is 14.7 Å². The Hall–Kier alpha value is -0.810. The number of amides is 1. The molecule has 0 spiro atoms. The third kappa shape index (κ3) is 3.59. The predicted octanol–water partition coefficient (Wildman–Crippen LogP) is 0.970. The summed E-state index contributed by atoms with van der Waals surface area (Å²) in [5.74, 6) is -0.702. The first-order valence-corrected chi connectivity index (χ1v) is 6.43. The van der Waals surface area contributed by atoms with Crippen molar-refractivity contribution in [1.29, 1.82) is 0 Å². The van der Waals surface area contributed by atoms with Gasteiger partial charge >= 0.3 is 5.97 Å². The predicted molar refractivity (Wildman–Crippen MR) is 69.9 cm³/mol. The maximum Gasteiger partial charge on any atom is 0.320 e. The van der Waals surface area contributed by atoms with Crippen LogP contribution in [0.3, 0.4) is 0 Å². The summed E-state index contributed by atoms with van der Waals surface area (Å²) < 4.78 is 0. The maximum absolute atomic E-state index is 12.0. The number of hydrogen-bond donors (Lipinski definition) is 1. The molecule has 2 saturated heterocycles. The average Bonchev–Trinajstić information content (AvgIpc) is 2.78. The SMILES string of the molecule is Cl.O=C(O)[C@@H]1CCCN1CC(=O)N1CCCCC1. The number of piperidine rings is 1. The standard InChI is InChI=1S/C12H20N2O3.ClH/c15-11(13-6-2-1-3-7-13)9-14-8-4-5-10(14)12(16)17;/h10H,1-9H2,(H,16,17);1H/t10-;/m0./s1. The van der Waals surface area contributed by atoms with Crippen LogP contribution in [0.25, 0.3) is 0 Å². The van der Waals surface area contributed by atoms with E-state index in [2.05, 4.69) is 0 Å². The Morgan fingerprint density at radius 3 is 2.33 bits per heavy atom. The average molecular weight is 277 g/mol. The van der Waals surface area contributed by atoms with Crippen molar-refractivity contribution in [2.24, 2.45) is 0 Å². The van der Waals surface area contributed by atoms with Crippen LogP contribution in [0.1, 0.15) is 32.1 Å². The molecular formula is C12H21ClN2O3. The molecule has 0 aromatic heterocycles. The Balaban J connectivity index is 0.00000162. The summed E-state index contributed by atoms with van der Waals surface area (Å²) in [4.78, 5) is 26.7. The summed E-state index contributed by atoms with van der Waals surface area (Å²) in [6, 6.07) is -0.455. The molecule has 0 saturated carbocycles. The molecule has 2 aliphatic heterocycles. The van der Waals surface area contributed by atoms with Gasteiger partial charge in [0.05, 0.1) is 6.54 Å². The summed E-state index contributed by atoms with van der Waals surface area (Å²) in [7, 11) is 0. The van der Waals surface area contributed by atoms with Gasteiger partial charge < -0.3 is 10.0 Å². The molecule has 6 heteroatoms. The molecule has 0 bridgehead atoms. The van der Waals surface area contributed by atoms with Crippen molar-refractivity contribution in [3.63, 3.8) is 0 Å². The zero-order chi connectivity index (χ0) is 12.3. The zero-order valence-electron chi connectivity index (χ0n) is 10.5. The van der Waals surface area contributed by atoms with Crippen molar-refractivity contribution in [3.8, 4) is 0 Å². The fourth-order valence-corrected chi connectivity index (χ4v) is 2.71. The van der Waals surface area contributed by atoms with Crippen molar-refractivity contribution in [2.75, 3.05) is 26.2 Å². The number of likely N-dealkylation sites (tertiary alicyclic amines) is 2. The van der Waals surface area contributed by atoms with Crippen LogP contribution in [-0.4, -0.2) is 59.0 Å². The molecule has 2 fully saturated rings. The third-order valence-corrected chi connectivity index (χ3v) is 3.70. The Labute approximate surface area is 114 Å². The van der Waals surface area contributed by atoms with Crippen LogP contribution in [0.15, 0.2) is 0 Å². The first kappa shape index (κ1) is 15.2. The molecule has 1 N–H and O–H groups in total. The minimum atomic E-state index is -0.797. The van der Waals surface area contributed by atoms with Gasteiger partial charge in [-0.25, -0.2) is 0 Å². The second-order valence-electron chi connectivity index (χ2n) is 4.91. The van der Waals surface area contributed by atoms with Crippen LogP contribution in [-0.2, 0) is 9.59 Å². The highest BCUT2D eigenvalue weighted by atomic mass is 35.5. The van der Waals surface area contributed by atoms with E-state index in [0.29, 0.717) is 6.42 Å². The Morgan fingerprint density at radius 1 is 1.06 bits per heavy atom. The van der Waals surface area contributed by atoms with E-state index < -0.39 is 12.0 Å². The second kappa shape index (κ2) is 6.95. The van der Waals surface area contributed by atoms with Crippen molar-refractivity contribution >= 4 is 24.3 Å². The first-order chi connectivity index (χ1) is 8.18. The number of nitrogens with zero attached hydrogens (tertiary/aromatic N) is 2. The van der Waals surface area contributed by atoms with Gasteiger partial charge in [-0.2, -0.15) is 0 Å².